The number of rotatable bonds is 3. The molecule has 0 amide bonds. The quantitative estimate of drug-likeness (QED) is 0.458. The number of aromatic nitrogens is 2. The molecule has 3 aromatic rings. The molecule has 1 aliphatic heterocycles. The van der Waals surface area contributed by atoms with Gasteiger partial charge in [0.25, 0.3) is 0 Å². The monoisotopic (exact) mass is 440 g/mol. The van der Waals surface area contributed by atoms with Crippen LogP contribution in [-0.2, 0) is 0 Å². The van der Waals surface area contributed by atoms with Crippen LogP contribution in [-0.4, -0.2) is 16.2 Å². The van der Waals surface area contributed by atoms with E-state index in [1.54, 1.807) is 24.3 Å². The number of nitriles is 1. The first-order chi connectivity index (χ1) is 14.4. The molecule has 7 nitrogen and oxygen atoms in total. The molecule has 4 rings (SSSR count). The molecule has 9 heteroatoms. The highest BCUT2D eigenvalue weighted by Gasteiger charge is 2.34. The Bertz CT molecular complexity index is 1230. The Morgan fingerprint density at radius 1 is 1.23 bits per heavy atom. The number of hydrogen-bond acceptors (Lipinski definition) is 6. The molecule has 2 heterocycles. The number of nitrogens with zero attached hydrogens (tertiary/aromatic N) is 2. The van der Waals surface area contributed by atoms with Crippen LogP contribution in [0.3, 0.4) is 0 Å². The normalized spacial score (nSPS) is 15.2. The number of hydrogen-bond donors (Lipinski definition) is 2. The van der Waals surface area contributed by atoms with E-state index in [9.17, 15) is 10.1 Å². The van der Waals surface area contributed by atoms with E-state index < -0.39 is 11.9 Å². The van der Waals surface area contributed by atoms with Crippen molar-refractivity contribution in [3.8, 4) is 17.7 Å². The summed E-state index contributed by atoms with van der Waals surface area (Å²) in [5.74, 6) is -0.332. The van der Waals surface area contributed by atoms with Crippen molar-refractivity contribution in [1.82, 2.24) is 10.2 Å². The third-order valence-corrected chi connectivity index (χ3v) is 5.45. The van der Waals surface area contributed by atoms with Crippen LogP contribution in [0.5, 0.6) is 11.6 Å². The standard InChI is InChI=1S/C21H14Cl2N4O3/c1-10-17-18(14(9-24)19(25)30-20(17)27-26-10)11-2-5-13(6-3-11)29-21(28)12-4-7-15(22)16(23)8-12/h2-8,18H,25H2,1H3,(H,26,27)/t18-/m1/s1. The molecule has 0 saturated carbocycles. The first-order valence-corrected chi connectivity index (χ1v) is 9.54. The average Bonchev–Trinajstić information content (AvgIpc) is 3.09. The van der Waals surface area contributed by atoms with Crippen LogP contribution in [0, 0.1) is 18.3 Å². The van der Waals surface area contributed by atoms with E-state index in [1.165, 1.54) is 18.2 Å². The Morgan fingerprint density at radius 2 is 1.97 bits per heavy atom. The second-order valence-electron chi connectivity index (χ2n) is 6.58. The van der Waals surface area contributed by atoms with Crippen molar-refractivity contribution in [3.63, 3.8) is 0 Å². The molecular formula is C21H14Cl2N4O3. The van der Waals surface area contributed by atoms with Crippen LogP contribution >= 0.6 is 23.2 Å². The van der Waals surface area contributed by atoms with Gasteiger partial charge in [-0.05, 0) is 42.8 Å². The Hall–Kier alpha value is -3.47. The summed E-state index contributed by atoms with van der Waals surface area (Å²) in [4.78, 5) is 12.4. The summed E-state index contributed by atoms with van der Waals surface area (Å²) in [5, 5.41) is 17.2. The lowest BCUT2D eigenvalue weighted by Gasteiger charge is -2.23. The summed E-state index contributed by atoms with van der Waals surface area (Å²) < 4.78 is 10.9. The molecule has 0 aliphatic carbocycles. The molecular weight excluding hydrogens is 427 g/mol. The lowest BCUT2D eigenvalue weighted by atomic mass is 9.84. The van der Waals surface area contributed by atoms with Gasteiger partial charge < -0.3 is 15.2 Å². The van der Waals surface area contributed by atoms with Gasteiger partial charge in [0, 0.05) is 11.3 Å². The summed E-state index contributed by atoms with van der Waals surface area (Å²) in [6, 6.07) is 13.4. The van der Waals surface area contributed by atoms with Gasteiger partial charge in [-0.1, -0.05) is 35.3 Å². The van der Waals surface area contributed by atoms with Crippen molar-refractivity contribution in [2.24, 2.45) is 5.73 Å². The number of allylic oxidation sites excluding steroid dienone is 1. The van der Waals surface area contributed by atoms with Gasteiger partial charge in [0.05, 0.1) is 21.5 Å². The van der Waals surface area contributed by atoms with Crippen molar-refractivity contribution in [1.29, 1.82) is 5.26 Å². The van der Waals surface area contributed by atoms with Crippen molar-refractivity contribution in [2.45, 2.75) is 12.8 Å². The minimum absolute atomic E-state index is 0.0108. The number of carbonyl (C=O) groups is 1. The lowest BCUT2D eigenvalue weighted by molar-refractivity contribution is 0.0734. The molecule has 0 spiro atoms. The third-order valence-electron chi connectivity index (χ3n) is 4.71. The van der Waals surface area contributed by atoms with Crippen molar-refractivity contribution >= 4 is 29.2 Å². The predicted molar refractivity (Wildman–Crippen MR) is 110 cm³/mol. The summed E-state index contributed by atoms with van der Waals surface area (Å²) in [6.07, 6.45) is 0. The maximum absolute atomic E-state index is 12.4. The first kappa shape index (κ1) is 19.8. The molecule has 3 N–H and O–H groups in total. The first-order valence-electron chi connectivity index (χ1n) is 8.78. The highest BCUT2D eigenvalue weighted by atomic mass is 35.5. The maximum Gasteiger partial charge on any atom is 0.343 e. The number of H-pyrrole nitrogens is 1. The Kier molecular flexibility index (Phi) is 5.12. The molecule has 1 aromatic heterocycles. The summed E-state index contributed by atoms with van der Waals surface area (Å²) in [7, 11) is 0. The number of aromatic amines is 1. The SMILES string of the molecule is Cc1[nH]nc2c1[C@H](c1ccc(OC(=O)c3ccc(Cl)c(Cl)c3)cc1)C(C#N)=C(N)O2. The van der Waals surface area contributed by atoms with E-state index in [4.69, 9.17) is 38.4 Å². The number of nitrogens with one attached hydrogen (secondary N) is 1. The molecule has 150 valence electrons. The molecule has 0 fully saturated rings. The average molecular weight is 441 g/mol. The minimum Gasteiger partial charge on any atom is -0.423 e. The fourth-order valence-electron chi connectivity index (χ4n) is 3.25. The van der Waals surface area contributed by atoms with Gasteiger partial charge in [-0.25, -0.2) is 4.79 Å². The van der Waals surface area contributed by atoms with Crippen LogP contribution in [0.1, 0.15) is 33.1 Å². The van der Waals surface area contributed by atoms with Gasteiger partial charge in [0.2, 0.25) is 11.8 Å². The van der Waals surface area contributed by atoms with E-state index in [0.717, 1.165) is 16.8 Å². The van der Waals surface area contributed by atoms with Crippen LogP contribution < -0.4 is 15.2 Å². The number of halogens is 2. The molecule has 1 aliphatic rings. The Balaban J connectivity index is 1.62. The van der Waals surface area contributed by atoms with E-state index in [2.05, 4.69) is 16.3 Å². The third kappa shape index (κ3) is 3.47. The highest BCUT2D eigenvalue weighted by molar-refractivity contribution is 6.42. The van der Waals surface area contributed by atoms with Crippen molar-refractivity contribution in [2.75, 3.05) is 0 Å². The van der Waals surface area contributed by atoms with E-state index in [-0.39, 0.29) is 22.0 Å². The van der Waals surface area contributed by atoms with Crippen molar-refractivity contribution < 1.29 is 14.3 Å². The molecule has 0 saturated heterocycles. The smallest absolute Gasteiger partial charge is 0.343 e. The lowest BCUT2D eigenvalue weighted by Crippen LogP contribution is -2.21. The number of fused-ring (bicyclic) bond motifs is 1. The summed E-state index contributed by atoms with van der Waals surface area (Å²) >= 11 is 11.8. The largest absolute Gasteiger partial charge is 0.423 e. The zero-order valence-electron chi connectivity index (χ0n) is 15.6. The van der Waals surface area contributed by atoms with E-state index in [1.807, 2.05) is 6.92 Å². The van der Waals surface area contributed by atoms with Gasteiger partial charge in [0.1, 0.15) is 17.4 Å². The molecule has 1 atom stereocenters. The van der Waals surface area contributed by atoms with E-state index in [0.29, 0.717) is 16.7 Å². The van der Waals surface area contributed by atoms with Gasteiger partial charge in [-0.3, -0.25) is 5.10 Å². The van der Waals surface area contributed by atoms with Crippen LogP contribution in [0.4, 0.5) is 0 Å². The predicted octanol–water partition coefficient (Wildman–Crippen LogP) is 4.46. The highest BCUT2D eigenvalue weighted by Crippen LogP contribution is 2.42. The molecule has 30 heavy (non-hydrogen) atoms. The van der Waals surface area contributed by atoms with Crippen molar-refractivity contribution in [3.05, 3.63) is 86.4 Å². The van der Waals surface area contributed by atoms with Crippen LogP contribution in [0.15, 0.2) is 53.9 Å². The topological polar surface area (TPSA) is 114 Å². The molecule has 0 radical (unpaired) electrons. The minimum atomic E-state index is -0.567. The van der Waals surface area contributed by atoms with Gasteiger partial charge in [-0.15, -0.1) is 5.10 Å². The zero-order chi connectivity index (χ0) is 21.4. The number of nitrogens with two attached hydrogens (primary N) is 1. The number of esters is 1. The summed E-state index contributed by atoms with van der Waals surface area (Å²) in [6.45, 7) is 1.84. The fourth-order valence-corrected chi connectivity index (χ4v) is 3.55. The van der Waals surface area contributed by atoms with Crippen LogP contribution in [0.2, 0.25) is 10.0 Å². The molecule has 0 bridgehead atoms. The maximum atomic E-state index is 12.4. The number of benzene rings is 2. The van der Waals surface area contributed by atoms with Crippen LogP contribution in [0.25, 0.3) is 0 Å². The molecule has 2 aromatic carbocycles. The number of carbonyl (C=O) groups excluding carboxylic acids is 1. The number of ether oxygens (including phenoxy) is 2. The van der Waals surface area contributed by atoms with Gasteiger partial charge in [0.15, 0.2) is 0 Å². The van der Waals surface area contributed by atoms with E-state index >= 15 is 0 Å². The second kappa shape index (κ2) is 7.75. The zero-order valence-corrected chi connectivity index (χ0v) is 17.1. The summed E-state index contributed by atoms with van der Waals surface area (Å²) in [5.41, 5.74) is 8.76. The Morgan fingerprint density at radius 3 is 2.63 bits per heavy atom. The Labute approximate surface area is 181 Å². The second-order valence-corrected chi connectivity index (χ2v) is 7.39. The molecule has 0 unspecified atom stereocenters. The van der Waals surface area contributed by atoms with Gasteiger partial charge in [-0.2, -0.15) is 5.26 Å². The number of aryl methyl sites for hydroxylation is 1. The van der Waals surface area contributed by atoms with Gasteiger partial charge >= 0.3 is 5.97 Å². The fraction of sp³-hybridized carbons (Fsp3) is 0.0952.